The van der Waals surface area contributed by atoms with Crippen molar-refractivity contribution in [2.75, 3.05) is 13.6 Å². The normalized spacial score (nSPS) is 16.6. The molecule has 1 aromatic rings. The second-order valence-corrected chi connectivity index (χ2v) is 4.80. The first-order chi connectivity index (χ1) is 8.22. The van der Waals surface area contributed by atoms with Crippen LogP contribution in [0.15, 0.2) is 30.3 Å². The topological polar surface area (TPSA) is 46.3 Å². The highest BCUT2D eigenvalue weighted by Gasteiger charge is 2.32. The molecule has 0 saturated heterocycles. The molecule has 1 fully saturated rings. The third kappa shape index (κ3) is 3.07. The van der Waals surface area contributed by atoms with E-state index in [0.717, 1.165) is 19.3 Å². The number of carbonyl (C=O) groups is 1. The summed E-state index contributed by atoms with van der Waals surface area (Å²) in [5.41, 5.74) is 6.91. The molecule has 17 heavy (non-hydrogen) atoms. The fraction of sp³-hybridized carbons (Fsp3) is 0.500. The summed E-state index contributed by atoms with van der Waals surface area (Å²) >= 11 is 0. The number of rotatable bonds is 5. The molecule has 1 amide bonds. The average molecular weight is 232 g/mol. The number of nitrogens with zero attached hydrogens (tertiary/aromatic N) is 1. The molecular formula is C14H20N2O. The van der Waals surface area contributed by atoms with Crippen molar-refractivity contribution in [2.24, 2.45) is 11.7 Å². The largest absolute Gasteiger partial charge is 0.342 e. The van der Waals surface area contributed by atoms with Crippen molar-refractivity contribution in [1.82, 2.24) is 4.90 Å². The summed E-state index contributed by atoms with van der Waals surface area (Å²) < 4.78 is 0. The van der Waals surface area contributed by atoms with Gasteiger partial charge in [-0.1, -0.05) is 30.3 Å². The fourth-order valence-corrected chi connectivity index (χ4v) is 2.10. The predicted octanol–water partition coefficient (Wildman–Crippen LogP) is 1.42. The van der Waals surface area contributed by atoms with Gasteiger partial charge in [-0.15, -0.1) is 0 Å². The van der Waals surface area contributed by atoms with E-state index < -0.39 is 0 Å². The van der Waals surface area contributed by atoms with Gasteiger partial charge in [0.15, 0.2) is 0 Å². The Morgan fingerprint density at radius 3 is 2.59 bits per heavy atom. The molecule has 0 aromatic heterocycles. The van der Waals surface area contributed by atoms with Crippen LogP contribution in [0, 0.1) is 5.92 Å². The summed E-state index contributed by atoms with van der Waals surface area (Å²) in [4.78, 5) is 14.1. The molecule has 1 saturated carbocycles. The van der Waals surface area contributed by atoms with Gasteiger partial charge < -0.3 is 10.6 Å². The minimum atomic E-state index is -0.0806. The maximum Gasteiger partial charge on any atom is 0.227 e. The Kier molecular flexibility index (Phi) is 3.79. The molecule has 3 nitrogen and oxygen atoms in total. The van der Waals surface area contributed by atoms with E-state index in [1.807, 2.05) is 42.3 Å². The maximum atomic E-state index is 12.2. The van der Waals surface area contributed by atoms with Crippen molar-refractivity contribution < 1.29 is 4.79 Å². The quantitative estimate of drug-likeness (QED) is 0.834. The first-order valence-corrected chi connectivity index (χ1v) is 6.23. The molecule has 1 unspecified atom stereocenters. The lowest BCUT2D eigenvalue weighted by atomic mass is 9.98. The summed E-state index contributed by atoms with van der Waals surface area (Å²) in [6.07, 6.45) is 3.03. The van der Waals surface area contributed by atoms with Crippen molar-refractivity contribution in [2.45, 2.75) is 25.3 Å². The van der Waals surface area contributed by atoms with Crippen molar-refractivity contribution in [3.63, 3.8) is 0 Å². The van der Waals surface area contributed by atoms with Crippen LogP contribution in [-0.4, -0.2) is 30.4 Å². The van der Waals surface area contributed by atoms with E-state index >= 15 is 0 Å². The monoisotopic (exact) mass is 232 g/mol. The van der Waals surface area contributed by atoms with Crippen molar-refractivity contribution in [1.29, 1.82) is 0 Å². The lowest BCUT2D eigenvalue weighted by molar-refractivity contribution is -0.134. The van der Waals surface area contributed by atoms with Crippen LogP contribution in [0.4, 0.5) is 0 Å². The molecule has 1 atom stereocenters. The molecule has 2 rings (SSSR count). The van der Waals surface area contributed by atoms with Gasteiger partial charge in [-0.25, -0.2) is 0 Å². The first-order valence-electron chi connectivity index (χ1n) is 6.23. The molecule has 1 aliphatic carbocycles. The van der Waals surface area contributed by atoms with Crippen LogP contribution in [0.25, 0.3) is 0 Å². The molecular weight excluding hydrogens is 212 g/mol. The van der Waals surface area contributed by atoms with Crippen molar-refractivity contribution in [3.05, 3.63) is 35.9 Å². The van der Waals surface area contributed by atoms with E-state index in [4.69, 9.17) is 5.73 Å². The minimum absolute atomic E-state index is 0.0806. The number of amides is 1. The van der Waals surface area contributed by atoms with Gasteiger partial charge in [-0.2, -0.15) is 0 Å². The summed E-state index contributed by atoms with van der Waals surface area (Å²) in [6.45, 7) is 0.421. The predicted molar refractivity (Wildman–Crippen MR) is 68.5 cm³/mol. The van der Waals surface area contributed by atoms with Crippen molar-refractivity contribution >= 4 is 5.91 Å². The van der Waals surface area contributed by atoms with Crippen molar-refractivity contribution in [3.8, 4) is 0 Å². The SMILES string of the molecule is CN(C(=O)C(CN)Cc1ccccc1)C1CC1. The smallest absolute Gasteiger partial charge is 0.227 e. The Hall–Kier alpha value is -1.35. The summed E-state index contributed by atoms with van der Waals surface area (Å²) in [6, 6.07) is 10.5. The molecule has 0 spiro atoms. The second kappa shape index (κ2) is 5.32. The van der Waals surface area contributed by atoms with Crippen LogP contribution in [0.5, 0.6) is 0 Å². The highest BCUT2D eigenvalue weighted by Crippen LogP contribution is 2.27. The molecule has 0 aliphatic heterocycles. The Morgan fingerprint density at radius 1 is 1.41 bits per heavy atom. The Balaban J connectivity index is 1.98. The average Bonchev–Trinajstić information content (AvgIpc) is 3.19. The third-order valence-corrected chi connectivity index (χ3v) is 3.40. The Labute approximate surface area is 103 Å². The van der Waals surface area contributed by atoms with Crippen LogP contribution in [-0.2, 0) is 11.2 Å². The minimum Gasteiger partial charge on any atom is -0.342 e. The lowest BCUT2D eigenvalue weighted by Gasteiger charge is -2.22. The van der Waals surface area contributed by atoms with Gasteiger partial charge in [0.1, 0.15) is 0 Å². The van der Waals surface area contributed by atoms with E-state index in [2.05, 4.69) is 0 Å². The first kappa shape index (κ1) is 12.1. The zero-order valence-electron chi connectivity index (χ0n) is 10.3. The Bertz CT molecular complexity index is 373. The number of hydrogen-bond acceptors (Lipinski definition) is 2. The molecule has 2 N–H and O–H groups in total. The standard InChI is InChI=1S/C14H20N2O/c1-16(13-7-8-13)14(17)12(10-15)9-11-5-3-2-4-6-11/h2-6,12-13H,7-10,15H2,1H3. The zero-order chi connectivity index (χ0) is 12.3. The Morgan fingerprint density at radius 2 is 2.06 bits per heavy atom. The van der Waals surface area contributed by atoms with Gasteiger partial charge in [0.05, 0.1) is 5.92 Å². The zero-order valence-corrected chi connectivity index (χ0v) is 10.3. The van der Waals surface area contributed by atoms with Crippen LogP contribution in [0.1, 0.15) is 18.4 Å². The number of hydrogen-bond donors (Lipinski definition) is 1. The van der Waals surface area contributed by atoms with E-state index in [1.165, 1.54) is 5.56 Å². The molecule has 1 aliphatic rings. The molecule has 1 aromatic carbocycles. The van der Waals surface area contributed by atoms with Gasteiger partial charge in [-0.3, -0.25) is 4.79 Å². The van der Waals surface area contributed by atoms with Gasteiger partial charge in [0.25, 0.3) is 0 Å². The third-order valence-electron chi connectivity index (χ3n) is 3.40. The fourth-order valence-electron chi connectivity index (χ4n) is 2.10. The van der Waals surface area contributed by atoms with E-state index in [0.29, 0.717) is 12.6 Å². The molecule has 3 heteroatoms. The number of carbonyl (C=O) groups excluding carboxylic acids is 1. The molecule has 0 heterocycles. The summed E-state index contributed by atoms with van der Waals surface area (Å²) in [5, 5.41) is 0. The number of benzene rings is 1. The van der Waals surface area contributed by atoms with Gasteiger partial charge in [0.2, 0.25) is 5.91 Å². The summed E-state index contributed by atoms with van der Waals surface area (Å²) in [7, 11) is 1.90. The van der Waals surface area contributed by atoms with E-state index in [-0.39, 0.29) is 11.8 Å². The molecule has 92 valence electrons. The second-order valence-electron chi connectivity index (χ2n) is 4.80. The van der Waals surface area contributed by atoms with Gasteiger partial charge in [-0.05, 0) is 24.8 Å². The molecule has 0 radical (unpaired) electrons. The highest BCUT2D eigenvalue weighted by atomic mass is 16.2. The van der Waals surface area contributed by atoms with E-state index in [1.54, 1.807) is 0 Å². The lowest BCUT2D eigenvalue weighted by Crippen LogP contribution is -2.38. The van der Waals surface area contributed by atoms with E-state index in [9.17, 15) is 4.79 Å². The van der Waals surface area contributed by atoms with Gasteiger partial charge in [0, 0.05) is 19.6 Å². The maximum absolute atomic E-state index is 12.2. The van der Waals surface area contributed by atoms with Crippen LogP contribution < -0.4 is 5.73 Å². The van der Waals surface area contributed by atoms with Crippen LogP contribution in [0.3, 0.4) is 0 Å². The summed E-state index contributed by atoms with van der Waals surface area (Å²) in [5.74, 6) is 0.113. The van der Waals surface area contributed by atoms with Crippen LogP contribution >= 0.6 is 0 Å². The number of nitrogens with two attached hydrogens (primary N) is 1. The highest BCUT2D eigenvalue weighted by molar-refractivity contribution is 5.79. The van der Waals surface area contributed by atoms with Gasteiger partial charge >= 0.3 is 0 Å². The molecule has 0 bridgehead atoms. The van der Waals surface area contributed by atoms with Crippen LogP contribution in [0.2, 0.25) is 0 Å².